The summed E-state index contributed by atoms with van der Waals surface area (Å²) in [5.41, 5.74) is 2.92. The highest BCUT2D eigenvalue weighted by molar-refractivity contribution is 7.17. The van der Waals surface area contributed by atoms with E-state index in [4.69, 9.17) is 0 Å². The second-order valence-electron chi connectivity index (χ2n) is 7.47. The minimum atomic E-state index is -0.0351. The third kappa shape index (κ3) is 3.56. The van der Waals surface area contributed by atoms with Crippen molar-refractivity contribution < 1.29 is 9.59 Å². The number of hydrogen-bond donors (Lipinski definition) is 1. The number of hydrogen-bond acceptors (Lipinski definition) is 3. The molecule has 0 radical (unpaired) electrons. The van der Waals surface area contributed by atoms with Crippen molar-refractivity contribution >= 4 is 33.4 Å². The zero-order valence-corrected chi connectivity index (χ0v) is 17.0. The lowest BCUT2D eigenvalue weighted by Gasteiger charge is -2.32. The number of benzene rings is 1. The molecule has 4 rings (SSSR count). The predicted octanol–water partition coefficient (Wildman–Crippen LogP) is 3.97. The summed E-state index contributed by atoms with van der Waals surface area (Å²) in [4.78, 5) is 27.5. The number of amides is 2. The van der Waals surface area contributed by atoms with Crippen molar-refractivity contribution in [2.45, 2.75) is 25.8 Å². The van der Waals surface area contributed by atoms with Crippen molar-refractivity contribution in [2.24, 2.45) is 13.0 Å². The second kappa shape index (κ2) is 7.80. The maximum Gasteiger partial charge on any atom is 0.270 e. The fourth-order valence-electron chi connectivity index (χ4n) is 3.92. The summed E-state index contributed by atoms with van der Waals surface area (Å²) in [7, 11) is 1.94. The SMILES string of the molecule is C[C@@H](NC(=O)C1CCN(C(=O)c2cc3sccc3n2C)CC1)c1ccccc1. The molecule has 1 fully saturated rings. The molecule has 3 aromatic rings. The Morgan fingerprint density at radius 3 is 2.54 bits per heavy atom. The van der Waals surface area contributed by atoms with Crippen LogP contribution < -0.4 is 5.32 Å². The van der Waals surface area contributed by atoms with Crippen LogP contribution in [0.1, 0.15) is 41.9 Å². The van der Waals surface area contributed by atoms with Crippen molar-refractivity contribution in [3.63, 3.8) is 0 Å². The molecule has 0 saturated carbocycles. The molecule has 0 aliphatic carbocycles. The maximum absolute atomic E-state index is 12.9. The van der Waals surface area contributed by atoms with Gasteiger partial charge in [-0.3, -0.25) is 9.59 Å². The number of rotatable bonds is 4. The quantitative estimate of drug-likeness (QED) is 0.727. The van der Waals surface area contributed by atoms with Crippen LogP contribution in [0.15, 0.2) is 47.8 Å². The van der Waals surface area contributed by atoms with Gasteiger partial charge in [-0.15, -0.1) is 11.3 Å². The number of aryl methyl sites for hydroxylation is 1. The molecule has 1 atom stereocenters. The Hall–Kier alpha value is -2.60. The Morgan fingerprint density at radius 1 is 1.14 bits per heavy atom. The molecule has 146 valence electrons. The smallest absolute Gasteiger partial charge is 0.270 e. The van der Waals surface area contributed by atoms with Gasteiger partial charge in [0.1, 0.15) is 5.69 Å². The molecule has 2 aromatic heterocycles. The van der Waals surface area contributed by atoms with E-state index >= 15 is 0 Å². The van der Waals surface area contributed by atoms with E-state index in [1.807, 2.05) is 71.3 Å². The lowest BCUT2D eigenvalue weighted by Crippen LogP contribution is -2.43. The molecular weight excluding hydrogens is 370 g/mol. The molecule has 28 heavy (non-hydrogen) atoms. The Balaban J connectivity index is 1.35. The number of likely N-dealkylation sites (tertiary alicyclic amines) is 1. The summed E-state index contributed by atoms with van der Waals surface area (Å²) in [5.74, 6) is 0.109. The van der Waals surface area contributed by atoms with E-state index < -0.39 is 0 Å². The van der Waals surface area contributed by atoms with Crippen molar-refractivity contribution in [1.82, 2.24) is 14.8 Å². The molecule has 1 aliphatic rings. The lowest BCUT2D eigenvalue weighted by atomic mass is 9.95. The van der Waals surface area contributed by atoms with Crippen molar-refractivity contribution in [2.75, 3.05) is 13.1 Å². The third-order valence-corrected chi connectivity index (χ3v) is 6.55. The van der Waals surface area contributed by atoms with Crippen molar-refractivity contribution in [3.8, 4) is 0 Å². The average molecular weight is 396 g/mol. The highest BCUT2D eigenvalue weighted by atomic mass is 32.1. The average Bonchev–Trinajstić information content (AvgIpc) is 3.31. The Bertz CT molecular complexity index is 984. The highest BCUT2D eigenvalue weighted by Gasteiger charge is 2.29. The standard InChI is InChI=1S/C22H25N3O2S/c1-15(16-6-4-3-5-7-16)23-21(26)17-8-11-25(12-9-17)22(27)19-14-20-18(24(19)2)10-13-28-20/h3-7,10,13-15,17H,8-9,11-12H2,1-2H3,(H,23,26)/t15-/m1/s1. The summed E-state index contributed by atoms with van der Waals surface area (Å²) in [6, 6.07) is 14.0. The van der Waals surface area contributed by atoms with E-state index in [-0.39, 0.29) is 23.8 Å². The van der Waals surface area contributed by atoms with Gasteiger partial charge >= 0.3 is 0 Å². The van der Waals surface area contributed by atoms with Crippen LogP contribution in [0.3, 0.4) is 0 Å². The van der Waals surface area contributed by atoms with Crippen molar-refractivity contribution in [3.05, 3.63) is 59.1 Å². The van der Waals surface area contributed by atoms with Crippen LogP contribution in [-0.4, -0.2) is 34.4 Å². The van der Waals surface area contributed by atoms with Crippen LogP contribution in [0.2, 0.25) is 0 Å². The summed E-state index contributed by atoms with van der Waals surface area (Å²) < 4.78 is 3.10. The number of fused-ring (bicyclic) bond motifs is 1. The minimum Gasteiger partial charge on any atom is -0.349 e. The number of nitrogens with one attached hydrogen (secondary N) is 1. The second-order valence-corrected chi connectivity index (χ2v) is 8.41. The normalized spacial score (nSPS) is 16.3. The number of thiophene rings is 1. The zero-order chi connectivity index (χ0) is 19.7. The van der Waals surface area contributed by atoms with Gasteiger partial charge in [0.25, 0.3) is 5.91 Å². The Kier molecular flexibility index (Phi) is 5.22. The topological polar surface area (TPSA) is 54.3 Å². The number of carbonyl (C=O) groups is 2. The highest BCUT2D eigenvalue weighted by Crippen LogP contribution is 2.26. The molecule has 1 saturated heterocycles. The molecule has 6 heteroatoms. The Morgan fingerprint density at radius 2 is 1.86 bits per heavy atom. The molecule has 3 heterocycles. The van der Waals surface area contributed by atoms with Crippen LogP contribution in [0.25, 0.3) is 10.2 Å². The minimum absolute atomic E-state index is 0.00956. The predicted molar refractivity (Wildman–Crippen MR) is 112 cm³/mol. The van der Waals surface area contributed by atoms with E-state index in [9.17, 15) is 9.59 Å². The first-order valence-corrected chi connectivity index (χ1v) is 10.6. The largest absolute Gasteiger partial charge is 0.349 e. The summed E-state index contributed by atoms with van der Waals surface area (Å²) >= 11 is 1.65. The molecule has 0 bridgehead atoms. The van der Waals surface area contributed by atoms with Crippen LogP contribution in [0.4, 0.5) is 0 Å². The van der Waals surface area contributed by atoms with E-state index in [2.05, 4.69) is 5.32 Å². The Labute approximate surface area is 169 Å². The molecule has 2 amide bonds. The van der Waals surface area contributed by atoms with Gasteiger partial charge in [-0.2, -0.15) is 0 Å². The molecule has 1 aromatic carbocycles. The van der Waals surface area contributed by atoms with Gasteiger partial charge in [-0.05, 0) is 42.8 Å². The molecule has 1 aliphatic heterocycles. The van der Waals surface area contributed by atoms with E-state index in [0.29, 0.717) is 25.9 Å². The lowest BCUT2D eigenvalue weighted by molar-refractivity contribution is -0.127. The van der Waals surface area contributed by atoms with Gasteiger partial charge in [0.15, 0.2) is 0 Å². The van der Waals surface area contributed by atoms with Gasteiger partial charge < -0.3 is 14.8 Å². The fraction of sp³-hybridized carbons (Fsp3) is 0.364. The molecule has 0 unspecified atom stereocenters. The van der Waals surface area contributed by atoms with Crippen LogP contribution in [0.5, 0.6) is 0 Å². The molecule has 1 N–H and O–H groups in total. The number of aromatic nitrogens is 1. The third-order valence-electron chi connectivity index (χ3n) is 5.69. The van der Waals surface area contributed by atoms with Crippen molar-refractivity contribution in [1.29, 1.82) is 0 Å². The maximum atomic E-state index is 12.9. The summed E-state index contributed by atoms with van der Waals surface area (Å²) in [6.07, 6.45) is 1.41. The van der Waals surface area contributed by atoms with Gasteiger partial charge in [0.2, 0.25) is 5.91 Å². The van der Waals surface area contributed by atoms with E-state index in [1.54, 1.807) is 11.3 Å². The molecular formula is C22H25N3O2S. The number of piperidine rings is 1. The number of carbonyl (C=O) groups excluding carboxylic acids is 2. The van der Waals surface area contributed by atoms with Crippen LogP contribution >= 0.6 is 11.3 Å². The summed E-state index contributed by atoms with van der Waals surface area (Å²) in [6.45, 7) is 3.25. The first kappa shape index (κ1) is 18.7. The molecule has 5 nitrogen and oxygen atoms in total. The van der Waals surface area contributed by atoms with Gasteiger partial charge in [0, 0.05) is 26.1 Å². The first-order valence-electron chi connectivity index (χ1n) is 9.72. The van der Waals surface area contributed by atoms with Crippen LogP contribution in [0, 0.1) is 5.92 Å². The summed E-state index contributed by atoms with van der Waals surface area (Å²) in [5, 5.41) is 5.16. The first-order chi connectivity index (χ1) is 13.5. The molecule has 0 spiro atoms. The van der Waals surface area contributed by atoms with Gasteiger partial charge in [0.05, 0.1) is 16.3 Å². The van der Waals surface area contributed by atoms with E-state index in [1.165, 1.54) is 0 Å². The van der Waals surface area contributed by atoms with Gasteiger partial charge in [-0.1, -0.05) is 30.3 Å². The number of nitrogens with zero attached hydrogens (tertiary/aromatic N) is 2. The van der Waals surface area contributed by atoms with Gasteiger partial charge in [-0.25, -0.2) is 0 Å². The monoisotopic (exact) mass is 395 g/mol. The van der Waals surface area contributed by atoms with E-state index in [0.717, 1.165) is 21.5 Å². The zero-order valence-electron chi connectivity index (χ0n) is 16.2. The fourth-order valence-corrected chi connectivity index (χ4v) is 4.77. The van der Waals surface area contributed by atoms with Crippen LogP contribution in [-0.2, 0) is 11.8 Å².